The zero-order chi connectivity index (χ0) is 19.6. The predicted molar refractivity (Wildman–Crippen MR) is 110 cm³/mol. The van der Waals surface area contributed by atoms with E-state index in [-0.39, 0.29) is 5.91 Å². The average molecular weight is 376 g/mol. The number of nitrogens with zero attached hydrogens (tertiary/aromatic N) is 2. The molecule has 0 saturated carbocycles. The summed E-state index contributed by atoms with van der Waals surface area (Å²) in [4.78, 5) is 20.6. The van der Waals surface area contributed by atoms with Crippen molar-refractivity contribution >= 4 is 11.7 Å². The number of nitrogens with one attached hydrogen (secondary N) is 2. The molecule has 0 fully saturated rings. The number of anilines is 1. The molecule has 144 valence electrons. The van der Waals surface area contributed by atoms with Crippen LogP contribution in [0.2, 0.25) is 0 Å². The van der Waals surface area contributed by atoms with Gasteiger partial charge in [0.25, 0.3) is 5.91 Å². The molecule has 3 rings (SSSR count). The third-order valence-electron chi connectivity index (χ3n) is 4.30. The van der Waals surface area contributed by atoms with Gasteiger partial charge in [-0.25, -0.2) is 9.97 Å². The van der Waals surface area contributed by atoms with Crippen LogP contribution in [0.5, 0.6) is 5.75 Å². The number of aromatic nitrogens is 2. The Bertz CT molecular complexity index is 900. The van der Waals surface area contributed by atoms with Gasteiger partial charge in [0.1, 0.15) is 23.6 Å². The van der Waals surface area contributed by atoms with Crippen LogP contribution in [0.3, 0.4) is 0 Å². The lowest BCUT2D eigenvalue weighted by Crippen LogP contribution is -2.26. The highest BCUT2D eigenvalue weighted by Gasteiger charge is 2.08. The van der Waals surface area contributed by atoms with Crippen molar-refractivity contribution in [2.45, 2.75) is 12.8 Å². The maximum Gasteiger partial charge on any atom is 0.270 e. The van der Waals surface area contributed by atoms with E-state index in [4.69, 9.17) is 4.74 Å². The van der Waals surface area contributed by atoms with E-state index in [9.17, 15) is 4.79 Å². The van der Waals surface area contributed by atoms with Gasteiger partial charge in [0.2, 0.25) is 0 Å². The molecule has 3 aromatic rings. The fourth-order valence-electron chi connectivity index (χ4n) is 2.80. The van der Waals surface area contributed by atoms with Crippen molar-refractivity contribution in [3.8, 4) is 5.75 Å². The third kappa shape index (κ3) is 5.81. The number of amides is 1. The van der Waals surface area contributed by atoms with Gasteiger partial charge in [-0.05, 0) is 36.1 Å². The van der Waals surface area contributed by atoms with Crippen molar-refractivity contribution in [2.75, 3.05) is 25.5 Å². The fraction of sp³-hybridized carbons (Fsp3) is 0.227. The minimum absolute atomic E-state index is 0.212. The van der Waals surface area contributed by atoms with Gasteiger partial charge in [0.15, 0.2) is 0 Å². The summed E-state index contributed by atoms with van der Waals surface area (Å²) >= 11 is 0. The van der Waals surface area contributed by atoms with E-state index >= 15 is 0 Å². The lowest BCUT2D eigenvalue weighted by molar-refractivity contribution is 0.0949. The Kier molecular flexibility index (Phi) is 6.95. The minimum Gasteiger partial charge on any atom is -0.497 e. The van der Waals surface area contributed by atoms with Crippen LogP contribution < -0.4 is 15.4 Å². The van der Waals surface area contributed by atoms with Gasteiger partial charge < -0.3 is 15.4 Å². The van der Waals surface area contributed by atoms with Gasteiger partial charge in [-0.1, -0.05) is 42.5 Å². The first-order chi connectivity index (χ1) is 13.7. The number of methoxy groups -OCH3 is 1. The summed E-state index contributed by atoms with van der Waals surface area (Å²) < 4.78 is 5.21. The van der Waals surface area contributed by atoms with Crippen molar-refractivity contribution in [3.05, 3.63) is 83.8 Å². The minimum atomic E-state index is -0.212. The zero-order valence-electron chi connectivity index (χ0n) is 15.9. The number of hydrogen-bond acceptors (Lipinski definition) is 5. The normalized spacial score (nSPS) is 10.3. The molecule has 28 heavy (non-hydrogen) atoms. The van der Waals surface area contributed by atoms with Gasteiger partial charge >= 0.3 is 0 Å². The molecule has 1 heterocycles. The molecule has 6 nitrogen and oxygen atoms in total. The van der Waals surface area contributed by atoms with E-state index in [1.165, 1.54) is 11.9 Å². The van der Waals surface area contributed by atoms with E-state index in [0.717, 1.165) is 30.7 Å². The Hall–Kier alpha value is -3.41. The predicted octanol–water partition coefficient (Wildman–Crippen LogP) is 3.11. The van der Waals surface area contributed by atoms with Crippen LogP contribution in [-0.2, 0) is 12.8 Å². The standard InChI is InChI=1S/C22H24N4O2/c1-28-19-9-5-8-18(14-19)11-13-24-22(27)20-15-21(26-16-25-20)23-12-10-17-6-3-2-4-7-17/h2-9,14-16H,10-13H2,1H3,(H,24,27)(H,23,25,26). The average Bonchev–Trinajstić information content (AvgIpc) is 2.75. The maximum absolute atomic E-state index is 12.4. The molecule has 6 heteroatoms. The molecular weight excluding hydrogens is 352 g/mol. The van der Waals surface area contributed by atoms with Crippen molar-refractivity contribution in [3.63, 3.8) is 0 Å². The fourth-order valence-corrected chi connectivity index (χ4v) is 2.80. The highest BCUT2D eigenvalue weighted by atomic mass is 16.5. The molecule has 0 bridgehead atoms. The SMILES string of the molecule is COc1cccc(CCNC(=O)c2cc(NCCc3ccccc3)ncn2)c1. The van der Waals surface area contributed by atoms with E-state index in [0.29, 0.717) is 18.1 Å². The number of rotatable bonds is 9. The van der Waals surface area contributed by atoms with Crippen LogP contribution in [0.1, 0.15) is 21.6 Å². The van der Waals surface area contributed by atoms with Crippen molar-refractivity contribution < 1.29 is 9.53 Å². The first-order valence-corrected chi connectivity index (χ1v) is 9.25. The molecule has 0 unspecified atom stereocenters. The van der Waals surface area contributed by atoms with Gasteiger partial charge in [0, 0.05) is 19.2 Å². The van der Waals surface area contributed by atoms with Crippen LogP contribution in [0, 0.1) is 0 Å². The zero-order valence-corrected chi connectivity index (χ0v) is 15.9. The van der Waals surface area contributed by atoms with Gasteiger partial charge in [0.05, 0.1) is 7.11 Å². The van der Waals surface area contributed by atoms with Gasteiger partial charge in [-0.2, -0.15) is 0 Å². The topological polar surface area (TPSA) is 76.1 Å². The molecule has 2 aromatic carbocycles. The quantitative estimate of drug-likeness (QED) is 0.600. The van der Waals surface area contributed by atoms with E-state index in [1.54, 1.807) is 13.2 Å². The van der Waals surface area contributed by atoms with Crippen LogP contribution in [-0.4, -0.2) is 36.1 Å². The molecule has 1 amide bonds. The number of carbonyl (C=O) groups is 1. The second-order valence-electron chi connectivity index (χ2n) is 6.31. The van der Waals surface area contributed by atoms with Crippen molar-refractivity contribution in [1.82, 2.24) is 15.3 Å². The molecule has 0 aliphatic rings. The second-order valence-corrected chi connectivity index (χ2v) is 6.31. The molecule has 0 spiro atoms. The summed E-state index contributed by atoms with van der Waals surface area (Å²) in [5, 5.41) is 6.13. The van der Waals surface area contributed by atoms with Gasteiger partial charge in [-0.3, -0.25) is 4.79 Å². The van der Waals surface area contributed by atoms with Crippen LogP contribution >= 0.6 is 0 Å². The van der Waals surface area contributed by atoms with Crippen LogP contribution in [0.4, 0.5) is 5.82 Å². The first-order valence-electron chi connectivity index (χ1n) is 9.25. The first kappa shape index (κ1) is 19.4. The van der Waals surface area contributed by atoms with Gasteiger partial charge in [-0.15, -0.1) is 0 Å². The molecule has 0 radical (unpaired) electrons. The summed E-state index contributed by atoms with van der Waals surface area (Å²) in [5.41, 5.74) is 2.70. The van der Waals surface area contributed by atoms with Crippen LogP contribution in [0.25, 0.3) is 0 Å². The summed E-state index contributed by atoms with van der Waals surface area (Å²) in [6.45, 7) is 1.25. The Morgan fingerprint density at radius 2 is 1.71 bits per heavy atom. The van der Waals surface area contributed by atoms with Crippen LogP contribution in [0.15, 0.2) is 67.0 Å². The highest BCUT2D eigenvalue weighted by Crippen LogP contribution is 2.12. The Balaban J connectivity index is 1.47. The Morgan fingerprint density at radius 3 is 2.54 bits per heavy atom. The van der Waals surface area contributed by atoms with Crippen molar-refractivity contribution in [1.29, 1.82) is 0 Å². The third-order valence-corrected chi connectivity index (χ3v) is 4.30. The second kappa shape index (κ2) is 10.1. The summed E-state index contributed by atoms with van der Waals surface area (Å²) in [6, 6.07) is 19.7. The lowest BCUT2D eigenvalue weighted by atomic mass is 10.1. The summed E-state index contributed by atoms with van der Waals surface area (Å²) in [7, 11) is 1.64. The summed E-state index contributed by atoms with van der Waals surface area (Å²) in [5.74, 6) is 1.24. The number of carbonyl (C=O) groups excluding carboxylic acids is 1. The molecule has 2 N–H and O–H groups in total. The highest BCUT2D eigenvalue weighted by molar-refractivity contribution is 5.92. The summed E-state index contributed by atoms with van der Waals surface area (Å²) in [6.07, 6.45) is 3.00. The molecule has 0 atom stereocenters. The Morgan fingerprint density at radius 1 is 0.929 bits per heavy atom. The molecular formula is C22H24N4O2. The molecule has 1 aromatic heterocycles. The molecule has 0 saturated heterocycles. The number of hydrogen-bond donors (Lipinski definition) is 2. The monoisotopic (exact) mass is 376 g/mol. The smallest absolute Gasteiger partial charge is 0.270 e. The van der Waals surface area contributed by atoms with E-state index in [2.05, 4.69) is 32.7 Å². The largest absolute Gasteiger partial charge is 0.497 e. The number of ether oxygens (including phenoxy) is 1. The number of benzene rings is 2. The molecule has 0 aliphatic heterocycles. The lowest BCUT2D eigenvalue weighted by Gasteiger charge is -2.08. The van der Waals surface area contributed by atoms with Crippen molar-refractivity contribution in [2.24, 2.45) is 0 Å². The Labute approximate surface area is 165 Å². The maximum atomic E-state index is 12.4. The van der Waals surface area contributed by atoms with E-state index < -0.39 is 0 Å². The van der Waals surface area contributed by atoms with E-state index in [1.807, 2.05) is 42.5 Å². The molecule has 0 aliphatic carbocycles.